The maximum atomic E-state index is 15.2. The summed E-state index contributed by atoms with van der Waals surface area (Å²) in [6.45, 7) is 7.80. The molecule has 0 saturated carbocycles. The lowest BCUT2D eigenvalue weighted by molar-refractivity contribution is 0.0992. The second-order valence-electron chi connectivity index (χ2n) is 9.21. The molecule has 0 amide bonds. The molecule has 4 rings (SSSR count). The van der Waals surface area contributed by atoms with Gasteiger partial charge in [-0.1, -0.05) is 17.7 Å². The fraction of sp³-hybridized carbons (Fsp3) is 0.385. The summed E-state index contributed by atoms with van der Waals surface area (Å²) in [7, 11) is -4.16. The summed E-state index contributed by atoms with van der Waals surface area (Å²) in [6, 6.07) is 12.8. The van der Waals surface area contributed by atoms with Crippen LogP contribution in [0, 0.1) is 24.1 Å². The predicted molar refractivity (Wildman–Crippen MR) is 129 cm³/mol. The van der Waals surface area contributed by atoms with Crippen LogP contribution >= 0.6 is 0 Å². The Morgan fingerprint density at radius 1 is 1.15 bits per heavy atom. The Kier molecular flexibility index (Phi) is 6.61. The molecule has 1 aliphatic heterocycles. The van der Waals surface area contributed by atoms with E-state index in [4.69, 9.17) is 5.26 Å². The molecule has 34 heavy (non-hydrogen) atoms. The zero-order chi connectivity index (χ0) is 24.6. The summed E-state index contributed by atoms with van der Waals surface area (Å²) in [5.74, 6) is -1.07. The number of aromatic nitrogens is 1. The van der Waals surface area contributed by atoms with Crippen molar-refractivity contribution in [2.75, 3.05) is 13.1 Å². The number of fused-ring (bicyclic) bond motifs is 1. The van der Waals surface area contributed by atoms with Crippen molar-refractivity contribution in [3.63, 3.8) is 0 Å². The van der Waals surface area contributed by atoms with E-state index in [1.807, 2.05) is 6.92 Å². The molecule has 0 radical (unpaired) electrons. The molecular weight excluding hydrogens is 453 g/mol. The summed E-state index contributed by atoms with van der Waals surface area (Å²) in [5, 5.41) is 9.36. The molecule has 178 valence electrons. The van der Waals surface area contributed by atoms with Gasteiger partial charge >= 0.3 is 0 Å². The maximum absolute atomic E-state index is 15.2. The van der Waals surface area contributed by atoms with Crippen LogP contribution in [0.15, 0.2) is 47.4 Å². The highest BCUT2D eigenvalue weighted by atomic mass is 32.2. The van der Waals surface area contributed by atoms with E-state index >= 15 is 4.39 Å². The van der Waals surface area contributed by atoms with Gasteiger partial charge in [0.2, 0.25) is 0 Å². The Morgan fingerprint density at radius 3 is 2.38 bits per heavy atom. The molecule has 0 bridgehead atoms. The number of rotatable bonds is 6. The summed E-state index contributed by atoms with van der Waals surface area (Å²) in [5.41, 5.74) is 1.48. The molecule has 1 saturated heterocycles. The van der Waals surface area contributed by atoms with Gasteiger partial charge in [0.25, 0.3) is 10.0 Å². The van der Waals surface area contributed by atoms with Gasteiger partial charge in [0, 0.05) is 11.4 Å². The number of likely N-dealkylation sites (tertiary alicyclic amines) is 1. The first kappa shape index (κ1) is 24.1. The van der Waals surface area contributed by atoms with Crippen molar-refractivity contribution in [1.29, 1.82) is 5.26 Å². The minimum absolute atomic E-state index is 0.0257. The molecule has 0 atom stereocenters. The van der Waals surface area contributed by atoms with Crippen molar-refractivity contribution in [2.45, 2.75) is 56.9 Å². The van der Waals surface area contributed by atoms with Crippen molar-refractivity contribution in [2.24, 2.45) is 0 Å². The second-order valence-corrected chi connectivity index (χ2v) is 11.0. The van der Waals surface area contributed by atoms with Gasteiger partial charge in [0.1, 0.15) is 17.9 Å². The zero-order valence-corrected chi connectivity index (χ0v) is 20.4. The van der Waals surface area contributed by atoms with Crippen molar-refractivity contribution in [1.82, 2.24) is 8.87 Å². The van der Waals surface area contributed by atoms with E-state index in [-0.39, 0.29) is 22.0 Å². The summed E-state index contributed by atoms with van der Waals surface area (Å²) in [4.78, 5) is 15.1. The number of piperidine rings is 1. The van der Waals surface area contributed by atoms with Crippen molar-refractivity contribution < 1.29 is 17.6 Å². The predicted octanol–water partition coefficient (Wildman–Crippen LogP) is 5.01. The van der Waals surface area contributed by atoms with Crippen LogP contribution in [0.5, 0.6) is 0 Å². The number of carbonyl (C=O) groups is 1. The number of hydrogen-bond donors (Lipinski definition) is 0. The van der Waals surface area contributed by atoms with Crippen LogP contribution in [0.1, 0.15) is 60.6 Å². The van der Waals surface area contributed by atoms with E-state index in [0.29, 0.717) is 17.0 Å². The molecule has 0 spiro atoms. The van der Waals surface area contributed by atoms with Crippen molar-refractivity contribution in [3.05, 3.63) is 65.1 Å². The fourth-order valence-electron chi connectivity index (χ4n) is 4.69. The third kappa shape index (κ3) is 4.38. The number of Topliss-reactive ketones (excluding diaryl/α,β-unsaturated/α-hetero) is 1. The van der Waals surface area contributed by atoms with Crippen LogP contribution in [-0.4, -0.2) is 42.2 Å². The minimum atomic E-state index is -4.16. The van der Waals surface area contributed by atoms with Gasteiger partial charge in [-0.2, -0.15) is 5.26 Å². The largest absolute Gasteiger partial charge is 0.301 e. The molecule has 0 N–H and O–H groups in total. The Bertz CT molecular complexity index is 1380. The molecule has 2 aromatic carbocycles. The lowest BCUT2D eigenvalue weighted by Crippen LogP contribution is -2.38. The van der Waals surface area contributed by atoms with Crippen LogP contribution in [0.25, 0.3) is 10.9 Å². The summed E-state index contributed by atoms with van der Waals surface area (Å²) < 4.78 is 43.5. The van der Waals surface area contributed by atoms with Crippen LogP contribution < -0.4 is 0 Å². The van der Waals surface area contributed by atoms with Crippen LogP contribution in [0.2, 0.25) is 0 Å². The fourth-order valence-corrected chi connectivity index (χ4v) is 6.21. The standard InChI is InChI=1S/C26H28FN3O3S/c1-17(2)29-12-9-19(10-13-29)22-16-24-20(14-23(22)27)15-25(26(31)8-11-28)30(24)34(32,33)21-6-4-18(3)5-7-21/h4-7,14-17,19H,8-10,12-13H2,1-3H3. The highest BCUT2D eigenvalue weighted by molar-refractivity contribution is 7.90. The topological polar surface area (TPSA) is 83.2 Å². The lowest BCUT2D eigenvalue weighted by atomic mass is 9.88. The zero-order valence-electron chi connectivity index (χ0n) is 19.6. The number of carbonyl (C=O) groups excluding carboxylic acids is 1. The van der Waals surface area contributed by atoms with Gasteiger partial charge in [-0.25, -0.2) is 16.8 Å². The average Bonchev–Trinajstić information content (AvgIpc) is 3.18. The third-order valence-corrected chi connectivity index (χ3v) is 8.40. The molecule has 0 unspecified atom stereocenters. The number of ketones is 1. The number of hydrogen-bond acceptors (Lipinski definition) is 5. The van der Waals surface area contributed by atoms with Crippen LogP contribution in [0.4, 0.5) is 4.39 Å². The van der Waals surface area contributed by atoms with Gasteiger partial charge < -0.3 is 4.90 Å². The van der Waals surface area contributed by atoms with Gasteiger partial charge in [-0.3, -0.25) is 4.79 Å². The normalized spacial score (nSPS) is 15.6. The average molecular weight is 482 g/mol. The number of nitrogens with zero attached hydrogens (tertiary/aromatic N) is 3. The summed E-state index contributed by atoms with van der Waals surface area (Å²) in [6.07, 6.45) is 1.07. The summed E-state index contributed by atoms with van der Waals surface area (Å²) >= 11 is 0. The van der Waals surface area contributed by atoms with Gasteiger partial charge in [-0.15, -0.1) is 0 Å². The number of nitriles is 1. The van der Waals surface area contributed by atoms with Gasteiger partial charge in [0.15, 0.2) is 5.78 Å². The van der Waals surface area contributed by atoms with Crippen molar-refractivity contribution in [3.8, 4) is 6.07 Å². The number of benzene rings is 2. The monoisotopic (exact) mass is 481 g/mol. The molecule has 0 aliphatic carbocycles. The van der Waals surface area contributed by atoms with Crippen LogP contribution in [-0.2, 0) is 10.0 Å². The molecule has 8 heteroatoms. The molecule has 6 nitrogen and oxygen atoms in total. The van der Waals surface area contributed by atoms with E-state index in [0.717, 1.165) is 35.5 Å². The van der Waals surface area contributed by atoms with E-state index in [2.05, 4.69) is 18.7 Å². The highest BCUT2D eigenvalue weighted by Gasteiger charge is 2.29. The number of aryl methyl sites for hydroxylation is 1. The molecular formula is C26H28FN3O3S. The first-order valence-corrected chi connectivity index (χ1v) is 12.9. The molecule has 1 fully saturated rings. The maximum Gasteiger partial charge on any atom is 0.268 e. The van der Waals surface area contributed by atoms with Crippen molar-refractivity contribution >= 4 is 26.7 Å². The Morgan fingerprint density at radius 2 is 1.79 bits per heavy atom. The van der Waals surface area contributed by atoms with Gasteiger partial charge in [-0.05, 0) is 88.5 Å². The smallest absolute Gasteiger partial charge is 0.268 e. The van der Waals surface area contributed by atoms with E-state index in [1.165, 1.54) is 24.3 Å². The Labute approximate surface area is 199 Å². The minimum Gasteiger partial charge on any atom is -0.301 e. The first-order valence-electron chi connectivity index (χ1n) is 11.4. The van der Waals surface area contributed by atoms with E-state index < -0.39 is 28.0 Å². The van der Waals surface area contributed by atoms with E-state index in [9.17, 15) is 13.2 Å². The Balaban J connectivity index is 1.88. The highest BCUT2D eigenvalue weighted by Crippen LogP contribution is 2.35. The molecule has 2 heterocycles. The van der Waals surface area contributed by atoms with E-state index in [1.54, 1.807) is 24.3 Å². The third-order valence-electron chi connectivity index (χ3n) is 6.66. The number of halogens is 1. The molecule has 1 aliphatic rings. The SMILES string of the molecule is Cc1ccc(S(=O)(=O)n2c(C(=O)CC#N)cc3cc(F)c(C4CCN(C(C)C)CC4)cc32)cc1. The van der Waals surface area contributed by atoms with Crippen LogP contribution in [0.3, 0.4) is 0 Å². The molecule has 1 aromatic heterocycles. The second kappa shape index (κ2) is 9.32. The first-order chi connectivity index (χ1) is 16.1. The van der Waals surface area contributed by atoms with Gasteiger partial charge in [0.05, 0.1) is 16.5 Å². The quantitative estimate of drug-likeness (QED) is 0.462. The molecule has 3 aromatic rings. The Hall–Kier alpha value is -3.02. The lowest BCUT2D eigenvalue weighted by Gasteiger charge is -2.34.